The molecule has 31 heteroatoms. The van der Waals surface area contributed by atoms with Crippen LogP contribution < -0.4 is 58.9 Å². The fourth-order valence-electron chi connectivity index (χ4n) is 19.4. The molecule has 0 bridgehead atoms. The summed E-state index contributed by atoms with van der Waals surface area (Å²) in [6.07, 6.45) is 21.2. The number of morpholine rings is 1. The van der Waals surface area contributed by atoms with Crippen molar-refractivity contribution < 1.29 is 33.3 Å². The molecule has 5 unspecified atom stereocenters. The number of likely N-dealkylation sites (N-methyl/N-ethyl adjacent to an activating group) is 1. The van der Waals surface area contributed by atoms with E-state index in [1.54, 1.807) is 24.8 Å². The molecular weight excluding hydrogens is 1540 g/mol. The summed E-state index contributed by atoms with van der Waals surface area (Å²) in [5, 5.41) is 21.8. The third-order valence-electron chi connectivity index (χ3n) is 26.6. The van der Waals surface area contributed by atoms with Crippen molar-refractivity contribution >= 4 is 81.1 Å². The Morgan fingerprint density at radius 3 is 1.48 bits per heavy atom. The Morgan fingerprint density at radius 2 is 0.934 bits per heavy atom. The number of piperazine rings is 2. The normalized spacial score (nSPS) is 23.0. The third-order valence-corrected chi connectivity index (χ3v) is 26.6. The van der Waals surface area contributed by atoms with Crippen molar-refractivity contribution in [1.82, 2.24) is 64.5 Å². The molecule has 10 fully saturated rings. The van der Waals surface area contributed by atoms with Gasteiger partial charge in [-0.3, -0.25) is 44.0 Å². The molecular formula is C91H110N24O7. The number of aryl methyl sites for hydroxylation is 1. The summed E-state index contributed by atoms with van der Waals surface area (Å²) in [4.78, 5) is 99.6. The average Bonchev–Trinajstić information content (AvgIpc) is 1.56. The van der Waals surface area contributed by atoms with E-state index >= 15 is 0 Å². The number of nitrogens with two attached hydrogens (primary N) is 3. The first kappa shape index (κ1) is 80.6. The molecule has 7 saturated heterocycles. The van der Waals surface area contributed by atoms with Crippen LogP contribution in [0, 0.1) is 0 Å². The van der Waals surface area contributed by atoms with Crippen LogP contribution in [0.4, 0.5) is 63.3 Å². The standard InChI is InChI=1S/C91H110N24O7/c1-3-58-48-63(99-87-78(81(93)117)104-74(59-12-26-95-27-13-59)83(107-87)101-65-19-43-120-89(51-65)22-23-89)8-10-72(58)114-31-17-69(18-32-114)113-39-35-111(36-40-113)56-68-49-61(16-30-97-68)76-85(109-86(77(106-76)80(92)116)98-62-6-4-57(5-7-62)55-112-41-46-119-47-42-112)103-67-21-45-122-91(53-67)54-71(91)70-50-64(9-11-73(70)115-37-33-110(2)34-38-115)100-88-79(82(94)118)105-75(60-14-28-96-29-15-60)84(108-88)102-66-20-44-121-90(52-66)24-25-90/h4-16,26-30,48-50,65-67,69,71H,3,17-25,31-47,51-56H2,1-2H3,(H2,92,116)(H2,93,117)(H2,94,118)(H2,98,103,109)(H2,99,101,107)(H2,100,102,108). The van der Waals surface area contributed by atoms with Gasteiger partial charge in [0.05, 0.1) is 35.7 Å². The van der Waals surface area contributed by atoms with Gasteiger partial charge in [-0.15, -0.1) is 0 Å². The van der Waals surface area contributed by atoms with Gasteiger partial charge in [-0.05, 0) is 199 Å². The minimum atomic E-state index is -0.711. The number of primary amides is 3. The van der Waals surface area contributed by atoms with E-state index < -0.39 is 23.3 Å². The molecule has 3 saturated carbocycles. The van der Waals surface area contributed by atoms with Gasteiger partial charge >= 0.3 is 0 Å². The SMILES string of the molecule is CCc1cc(Nc2nc(NC3CCOC4(CC4)C3)c(-c3ccncc3)nc2C(N)=O)ccc1N1CCC(N2CCN(Cc3cc(-c4nc(C(N)=O)c(Nc5ccc(CN6CCOCC6)cc5)nc4NC4CCOC5(C4)CC5c4cc(Nc5nc(NC6CCOC7(CC7)C6)c(-c6ccncc6)nc5C(N)=O)ccc4N4CCN(C)CC4)ccn3)CC2)CC1. The average molecular weight is 1650 g/mol. The highest BCUT2D eigenvalue weighted by molar-refractivity contribution is 6.00. The van der Waals surface area contributed by atoms with Crippen LogP contribution in [0.5, 0.6) is 0 Å². The lowest BCUT2D eigenvalue weighted by molar-refractivity contribution is -0.0133. The molecule has 0 radical (unpaired) electrons. The lowest BCUT2D eigenvalue weighted by Crippen LogP contribution is -2.53. The Labute approximate surface area is 710 Å². The molecule has 122 heavy (non-hydrogen) atoms. The molecule has 3 aliphatic carbocycles. The number of nitrogens with one attached hydrogen (secondary N) is 6. The molecule has 636 valence electrons. The summed E-state index contributed by atoms with van der Waals surface area (Å²) >= 11 is 0. The molecule has 3 amide bonds. The van der Waals surface area contributed by atoms with Crippen molar-refractivity contribution in [1.29, 1.82) is 0 Å². The van der Waals surface area contributed by atoms with Gasteiger partial charge in [0, 0.05) is 218 Å². The Bertz CT molecular complexity index is 5310. The number of aromatic nitrogens is 9. The summed E-state index contributed by atoms with van der Waals surface area (Å²) in [7, 11) is 2.17. The molecule has 12 N–H and O–H groups in total. The zero-order valence-corrected chi connectivity index (χ0v) is 69.6. The van der Waals surface area contributed by atoms with Crippen LogP contribution in [-0.4, -0.2) is 242 Å². The number of nitrogens with zero attached hydrogens (tertiary/aromatic N) is 15. The van der Waals surface area contributed by atoms with E-state index in [2.05, 4.69) is 140 Å². The fourth-order valence-corrected chi connectivity index (χ4v) is 19.4. The van der Waals surface area contributed by atoms with E-state index in [1.807, 2.05) is 48.7 Å². The molecule has 5 atom stereocenters. The van der Waals surface area contributed by atoms with Crippen molar-refractivity contribution in [2.45, 2.75) is 157 Å². The predicted molar refractivity (Wildman–Crippen MR) is 470 cm³/mol. The Kier molecular flexibility index (Phi) is 22.9. The summed E-state index contributed by atoms with van der Waals surface area (Å²) in [5.74, 6) is 0.362. The molecule has 3 spiro atoms. The largest absolute Gasteiger partial charge is 0.379 e. The van der Waals surface area contributed by atoms with Gasteiger partial charge in [0.1, 0.15) is 17.1 Å². The number of hydrogen-bond donors (Lipinski definition) is 9. The first-order valence-electron chi connectivity index (χ1n) is 43.8. The lowest BCUT2D eigenvalue weighted by Gasteiger charge is -2.43. The zero-order valence-electron chi connectivity index (χ0n) is 69.6. The van der Waals surface area contributed by atoms with Crippen molar-refractivity contribution in [2.24, 2.45) is 17.2 Å². The number of anilines is 11. The van der Waals surface area contributed by atoms with E-state index in [1.165, 1.54) is 11.3 Å². The van der Waals surface area contributed by atoms with Crippen molar-refractivity contribution in [2.75, 3.05) is 160 Å². The maximum Gasteiger partial charge on any atom is 0.271 e. The maximum atomic E-state index is 13.8. The van der Waals surface area contributed by atoms with Crippen LogP contribution in [0.25, 0.3) is 33.8 Å². The first-order valence-corrected chi connectivity index (χ1v) is 43.8. The summed E-state index contributed by atoms with van der Waals surface area (Å²) in [6.45, 7) is 17.6. The number of piperidine rings is 1. The topological polar surface area (TPSA) is 374 Å². The molecule has 13 heterocycles. The Hall–Kier alpha value is -11.2. The fraction of sp³-hybridized carbons (Fsp3) is 0.473. The van der Waals surface area contributed by atoms with Gasteiger partial charge in [-0.25, -0.2) is 29.9 Å². The predicted octanol–water partition coefficient (Wildman–Crippen LogP) is 10.5. The molecule has 19 rings (SSSR count). The Morgan fingerprint density at radius 1 is 0.451 bits per heavy atom. The zero-order chi connectivity index (χ0) is 83.1. The number of carbonyl (C=O) groups excluding carboxylic acids is 3. The summed E-state index contributed by atoms with van der Waals surface area (Å²) in [6, 6.07) is 33.1. The van der Waals surface area contributed by atoms with Crippen molar-refractivity contribution in [3.8, 4) is 33.8 Å². The molecule has 10 aliphatic rings. The van der Waals surface area contributed by atoms with Gasteiger partial charge in [-0.1, -0.05) is 19.1 Å². The van der Waals surface area contributed by atoms with Gasteiger partial charge in [-0.2, -0.15) is 0 Å². The van der Waals surface area contributed by atoms with Gasteiger partial charge < -0.3 is 82.7 Å². The second-order valence-corrected chi connectivity index (χ2v) is 34.9. The number of benzene rings is 3. The highest BCUT2D eigenvalue weighted by atomic mass is 16.5. The van der Waals surface area contributed by atoms with E-state index in [-0.39, 0.29) is 64.0 Å². The number of ether oxygens (including phenoxy) is 4. The highest BCUT2D eigenvalue weighted by Gasteiger charge is 2.60. The Balaban J connectivity index is 0.545. The van der Waals surface area contributed by atoms with E-state index in [0.717, 1.165) is 218 Å². The van der Waals surface area contributed by atoms with E-state index in [0.29, 0.717) is 98.8 Å². The van der Waals surface area contributed by atoms with Crippen LogP contribution >= 0.6 is 0 Å². The third kappa shape index (κ3) is 17.9. The minimum absolute atomic E-state index is 0.00155. The summed E-state index contributed by atoms with van der Waals surface area (Å²) in [5.41, 5.74) is 30.9. The van der Waals surface area contributed by atoms with E-state index in [4.69, 9.17) is 71.0 Å². The van der Waals surface area contributed by atoms with Crippen molar-refractivity contribution in [3.63, 3.8) is 0 Å². The first-order chi connectivity index (χ1) is 59.5. The minimum Gasteiger partial charge on any atom is -0.379 e. The van der Waals surface area contributed by atoms with Crippen molar-refractivity contribution in [3.05, 3.63) is 168 Å². The van der Waals surface area contributed by atoms with Crippen LogP contribution in [0.1, 0.15) is 150 Å². The molecule has 9 aromatic rings. The van der Waals surface area contributed by atoms with Gasteiger partial charge in [0.25, 0.3) is 17.7 Å². The summed E-state index contributed by atoms with van der Waals surface area (Å²) < 4.78 is 25.0. The number of carbonyl (C=O) groups is 3. The quantitative estimate of drug-likeness (QED) is 0.0231. The number of pyridine rings is 3. The second-order valence-electron chi connectivity index (χ2n) is 34.9. The lowest BCUT2D eigenvalue weighted by atomic mass is 9.95. The number of hydrogen-bond acceptors (Lipinski definition) is 28. The molecule has 3 aromatic carbocycles. The van der Waals surface area contributed by atoms with Crippen LogP contribution in [0.15, 0.2) is 128 Å². The molecule has 7 aliphatic heterocycles. The highest BCUT2D eigenvalue weighted by Crippen LogP contribution is 2.61. The molecule has 31 nitrogen and oxygen atoms in total. The van der Waals surface area contributed by atoms with Gasteiger partial charge in [0.2, 0.25) is 0 Å². The number of rotatable bonds is 27. The van der Waals surface area contributed by atoms with Crippen LogP contribution in [0.3, 0.4) is 0 Å². The smallest absolute Gasteiger partial charge is 0.271 e. The second kappa shape index (κ2) is 34.6. The van der Waals surface area contributed by atoms with Crippen LogP contribution in [-0.2, 0) is 38.5 Å². The van der Waals surface area contributed by atoms with E-state index in [9.17, 15) is 14.4 Å². The van der Waals surface area contributed by atoms with Gasteiger partial charge in [0.15, 0.2) is 52.0 Å². The van der Waals surface area contributed by atoms with Crippen LogP contribution in [0.2, 0.25) is 0 Å². The maximum absolute atomic E-state index is 13.8. The monoisotopic (exact) mass is 1650 g/mol. The molecule has 6 aromatic heterocycles. The number of amides is 3.